The van der Waals surface area contributed by atoms with Crippen LogP contribution in [0.5, 0.6) is 0 Å². The average molecular weight is 287 g/mol. The molecule has 1 aromatic carbocycles. The van der Waals surface area contributed by atoms with Gasteiger partial charge in [-0.2, -0.15) is 0 Å². The number of fused-ring (bicyclic) bond motifs is 1. The molecule has 0 saturated carbocycles. The highest BCUT2D eigenvalue weighted by Crippen LogP contribution is 2.34. The third kappa shape index (κ3) is 2.48. The second-order valence-corrected chi connectivity index (χ2v) is 6.01. The molecule has 5 heteroatoms. The number of rotatable bonds is 1. The van der Waals surface area contributed by atoms with E-state index in [4.69, 9.17) is 5.73 Å². The van der Waals surface area contributed by atoms with E-state index in [1.54, 1.807) is 4.90 Å². The normalized spacial score (nSPS) is 24.8. The van der Waals surface area contributed by atoms with Gasteiger partial charge in [0.05, 0.1) is 5.92 Å². The van der Waals surface area contributed by atoms with E-state index in [9.17, 15) is 9.59 Å². The maximum Gasteiger partial charge on any atom is 0.314 e. The molecule has 1 aromatic rings. The Kier molecular flexibility index (Phi) is 3.57. The monoisotopic (exact) mass is 287 g/mol. The van der Waals surface area contributed by atoms with Crippen LogP contribution in [0.25, 0.3) is 0 Å². The minimum absolute atomic E-state index is 0.124. The fourth-order valence-electron chi connectivity index (χ4n) is 3.48. The molecule has 21 heavy (non-hydrogen) atoms. The molecular weight excluding hydrogens is 266 g/mol. The Hall–Kier alpha value is -2.04. The van der Waals surface area contributed by atoms with Gasteiger partial charge in [-0.15, -0.1) is 0 Å². The van der Waals surface area contributed by atoms with Gasteiger partial charge in [0.2, 0.25) is 5.91 Å². The van der Waals surface area contributed by atoms with Gasteiger partial charge in [-0.25, -0.2) is 4.79 Å². The largest absolute Gasteiger partial charge is 0.351 e. The molecule has 0 unspecified atom stereocenters. The van der Waals surface area contributed by atoms with Gasteiger partial charge in [0, 0.05) is 24.8 Å². The van der Waals surface area contributed by atoms with E-state index >= 15 is 0 Å². The zero-order valence-corrected chi connectivity index (χ0v) is 12.3. The average Bonchev–Trinajstić information content (AvgIpc) is 2.82. The number of carbonyl (C=O) groups excluding carboxylic acids is 2. The maximum atomic E-state index is 12.9. The predicted molar refractivity (Wildman–Crippen MR) is 81.0 cm³/mol. The number of nitrogens with two attached hydrogens (primary N) is 1. The molecule has 0 aromatic heterocycles. The Balaban J connectivity index is 1.80. The second kappa shape index (κ2) is 5.39. The van der Waals surface area contributed by atoms with Gasteiger partial charge in [0.25, 0.3) is 0 Å². The summed E-state index contributed by atoms with van der Waals surface area (Å²) in [6, 6.07) is 7.81. The minimum atomic E-state index is -0.428. The van der Waals surface area contributed by atoms with Gasteiger partial charge in [0.15, 0.2) is 0 Å². The first-order chi connectivity index (χ1) is 10.1. The smallest absolute Gasteiger partial charge is 0.314 e. The lowest BCUT2D eigenvalue weighted by atomic mass is 9.96. The molecule has 3 amide bonds. The van der Waals surface area contributed by atoms with Gasteiger partial charge in [-0.3, -0.25) is 4.79 Å². The van der Waals surface area contributed by atoms with Crippen molar-refractivity contribution in [1.29, 1.82) is 0 Å². The Morgan fingerprint density at radius 2 is 2.05 bits per heavy atom. The number of primary amides is 1. The van der Waals surface area contributed by atoms with E-state index in [1.165, 1.54) is 5.56 Å². The number of amides is 3. The van der Waals surface area contributed by atoms with E-state index in [0.29, 0.717) is 13.1 Å². The highest BCUT2D eigenvalue weighted by atomic mass is 16.2. The lowest BCUT2D eigenvalue weighted by Crippen LogP contribution is -2.49. The molecule has 1 fully saturated rings. The number of hydrogen-bond acceptors (Lipinski definition) is 2. The first-order valence-corrected chi connectivity index (χ1v) is 7.53. The molecule has 2 N–H and O–H groups in total. The molecule has 3 rings (SSSR count). The van der Waals surface area contributed by atoms with Gasteiger partial charge in [-0.1, -0.05) is 18.2 Å². The zero-order valence-electron chi connectivity index (χ0n) is 12.3. The lowest BCUT2D eigenvalue weighted by Gasteiger charge is -2.34. The minimum Gasteiger partial charge on any atom is -0.351 e. The van der Waals surface area contributed by atoms with Crippen molar-refractivity contribution in [2.75, 3.05) is 18.0 Å². The lowest BCUT2D eigenvalue weighted by molar-refractivity contribution is -0.123. The fourth-order valence-corrected chi connectivity index (χ4v) is 3.48. The van der Waals surface area contributed by atoms with Crippen LogP contribution in [0.1, 0.15) is 25.3 Å². The van der Waals surface area contributed by atoms with Gasteiger partial charge < -0.3 is 15.5 Å². The van der Waals surface area contributed by atoms with Gasteiger partial charge >= 0.3 is 6.03 Å². The maximum absolute atomic E-state index is 12.9. The summed E-state index contributed by atoms with van der Waals surface area (Å²) in [5, 5.41) is 0. The summed E-state index contributed by atoms with van der Waals surface area (Å²) in [6.07, 6.45) is 2.56. The van der Waals surface area contributed by atoms with E-state index in [0.717, 1.165) is 24.9 Å². The first-order valence-electron chi connectivity index (χ1n) is 7.53. The number of anilines is 1. The highest BCUT2D eigenvalue weighted by molar-refractivity contribution is 5.98. The van der Waals surface area contributed by atoms with Crippen molar-refractivity contribution in [2.24, 2.45) is 11.7 Å². The summed E-state index contributed by atoms with van der Waals surface area (Å²) in [4.78, 5) is 27.7. The van der Waals surface area contributed by atoms with E-state index in [2.05, 4.69) is 13.0 Å². The number of nitrogens with zero attached hydrogens (tertiary/aromatic N) is 2. The van der Waals surface area contributed by atoms with E-state index in [-0.39, 0.29) is 17.9 Å². The third-order valence-corrected chi connectivity index (χ3v) is 4.53. The van der Waals surface area contributed by atoms with Crippen molar-refractivity contribution >= 4 is 17.6 Å². The number of piperidine rings is 1. The third-order valence-electron chi connectivity index (χ3n) is 4.53. The van der Waals surface area contributed by atoms with Crippen molar-refractivity contribution in [1.82, 2.24) is 4.90 Å². The van der Waals surface area contributed by atoms with Crippen LogP contribution in [0.15, 0.2) is 24.3 Å². The van der Waals surface area contributed by atoms with Crippen molar-refractivity contribution in [2.45, 2.75) is 32.2 Å². The summed E-state index contributed by atoms with van der Waals surface area (Å²) >= 11 is 0. The Labute approximate surface area is 124 Å². The van der Waals surface area contributed by atoms with E-state index in [1.807, 2.05) is 23.1 Å². The molecule has 2 atom stereocenters. The molecule has 112 valence electrons. The SMILES string of the molecule is C[C@@H]1Cc2ccccc2N1C(=O)[C@H]1CCCN(C(N)=O)C1. The van der Waals surface area contributed by atoms with Crippen LogP contribution in [-0.2, 0) is 11.2 Å². The van der Waals surface area contributed by atoms with Crippen LogP contribution in [-0.4, -0.2) is 36.0 Å². The molecule has 2 aliphatic heterocycles. The molecule has 2 heterocycles. The highest BCUT2D eigenvalue weighted by Gasteiger charge is 2.36. The molecule has 0 spiro atoms. The van der Waals surface area contributed by atoms with E-state index < -0.39 is 6.03 Å². The first kappa shape index (κ1) is 13.9. The summed E-state index contributed by atoms with van der Waals surface area (Å²) in [7, 11) is 0. The van der Waals surface area contributed by atoms with Crippen LogP contribution in [0.2, 0.25) is 0 Å². The predicted octanol–water partition coefficient (Wildman–Crippen LogP) is 1.75. The summed E-state index contributed by atoms with van der Waals surface area (Å²) in [6.45, 7) is 3.18. The molecule has 0 aliphatic carbocycles. The molecule has 1 saturated heterocycles. The summed E-state index contributed by atoms with van der Waals surface area (Å²) in [5.41, 5.74) is 7.59. The molecule has 5 nitrogen and oxygen atoms in total. The molecule has 0 bridgehead atoms. The molecular formula is C16H21N3O2. The number of para-hydroxylation sites is 1. The van der Waals surface area contributed by atoms with Crippen molar-refractivity contribution in [3.8, 4) is 0 Å². The fraction of sp³-hybridized carbons (Fsp3) is 0.500. The Morgan fingerprint density at radius 1 is 1.29 bits per heavy atom. The van der Waals surface area contributed by atoms with Crippen LogP contribution >= 0.6 is 0 Å². The molecule has 0 radical (unpaired) electrons. The number of hydrogen-bond donors (Lipinski definition) is 1. The van der Waals surface area contributed by atoms with Crippen molar-refractivity contribution < 1.29 is 9.59 Å². The van der Waals surface area contributed by atoms with Crippen LogP contribution in [0.3, 0.4) is 0 Å². The Bertz CT molecular complexity index is 572. The number of benzene rings is 1. The second-order valence-electron chi connectivity index (χ2n) is 6.01. The summed E-state index contributed by atoms with van der Waals surface area (Å²) < 4.78 is 0. The molecule has 2 aliphatic rings. The van der Waals surface area contributed by atoms with Crippen LogP contribution in [0, 0.1) is 5.92 Å². The zero-order chi connectivity index (χ0) is 15.0. The van der Waals surface area contributed by atoms with Gasteiger partial charge in [-0.05, 0) is 37.8 Å². The summed E-state index contributed by atoms with van der Waals surface area (Å²) in [5.74, 6) is -0.0155. The van der Waals surface area contributed by atoms with Crippen LogP contribution < -0.4 is 10.6 Å². The van der Waals surface area contributed by atoms with Crippen molar-refractivity contribution in [3.05, 3.63) is 29.8 Å². The number of urea groups is 1. The standard InChI is InChI=1S/C16H21N3O2/c1-11-9-12-5-2-3-7-14(12)19(11)15(20)13-6-4-8-18(10-13)16(17)21/h2-3,5,7,11,13H,4,6,8-10H2,1H3,(H2,17,21)/t11-,13+/m1/s1. The number of carbonyl (C=O) groups is 2. The van der Waals surface area contributed by atoms with Crippen molar-refractivity contribution in [3.63, 3.8) is 0 Å². The Morgan fingerprint density at radius 3 is 2.81 bits per heavy atom. The quantitative estimate of drug-likeness (QED) is 0.855. The topological polar surface area (TPSA) is 66.6 Å². The van der Waals surface area contributed by atoms with Crippen LogP contribution in [0.4, 0.5) is 10.5 Å². The van der Waals surface area contributed by atoms with Gasteiger partial charge in [0.1, 0.15) is 0 Å². The number of likely N-dealkylation sites (tertiary alicyclic amines) is 1.